The molecular formula is C23H29N3O3. The van der Waals surface area contributed by atoms with Gasteiger partial charge in [-0.1, -0.05) is 43.3 Å². The molecule has 0 spiro atoms. The van der Waals surface area contributed by atoms with Gasteiger partial charge in [-0.2, -0.15) is 0 Å². The van der Waals surface area contributed by atoms with E-state index in [-0.39, 0.29) is 12.1 Å². The van der Waals surface area contributed by atoms with Crippen LogP contribution in [-0.2, 0) is 17.7 Å². The van der Waals surface area contributed by atoms with Gasteiger partial charge in [-0.25, -0.2) is 9.59 Å². The molecule has 0 aliphatic carbocycles. The number of aryl methyl sites for hydroxylation is 2. The number of hydrogen-bond acceptors (Lipinski definition) is 3. The summed E-state index contributed by atoms with van der Waals surface area (Å²) in [6, 6.07) is 15.6. The number of nitrogens with one attached hydrogen (secondary N) is 2. The van der Waals surface area contributed by atoms with Crippen molar-refractivity contribution in [2.75, 3.05) is 18.4 Å². The predicted molar refractivity (Wildman–Crippen MR) is 114 cm³/mol. The Morgan fingerprint density at radius 1 is 1.14 bits per heavy atom. The van der Waals surface area contributed by atoms with Gasteiger partial charge in [-0.15, -0.1) is 0 Å². The Hall–Kier alpha value is -3.02. The van der Waals surface area contributed by atoms with Crippen molar-refractivity contribution in [1.29, 1.82) is 0 Å². The number of amides is 3. The van der Waals surface area contributed by atoms with E-state index in [0.717, 1.165) is 30.4 Å². The van der Waals surface area contributed by atoms with Gasteiger partial charge in [0, 0.05) is 18.8 Å². The molecule has 0 aromatic heterocycles. The maximum absolute atomic E-state index is 12.5. The fraction of sp³-hybridized carbons (Fsp3) is 0.391. The number of carbonyl (C=O) groups is 2. The number of urea groups is 1. The van der Waals surface area contributed by atoms with Crippen molar-refractivity contribution in [1.82, 2.24) is 10.2 Å². The number of rotatable bonds is 5. The summed E-state index contributed by atoms with van der Waals surface area (Å²) in [5.41, 5.74) is 4.16. The highest BCUT2D eigenvalue weighted by molar-refractivity contribution is 5.84. The van der Waals surface area contributed by atoms with Crippen LogP contribution >= 0.6 is 0 Å². The van der Waals surface area contributed by atoms with Crippen LogP contribution < -0.4 is 10.6 Å². The minimum Gasteiger partial charge on any atom is -0.444 e. The molecule has 154 valence electrons. The summed E-state index contributed by atoms with van der Waals surface area (Å²) >= 11 is 0. The number of ether oxygens (including phenoxy) is 1. The van der Waals surface area contributed by atoms with E-state index in [4.69, 9.17) is 4.74 Å². The zero-order valence-electron chi connectivity index (χ0n) is 17.1. The highest BCUT2D eigenvalue weighted by atomic mass is 16.6. The Kier molecular flexibility index (Phi) is 7.11. The molecule has 1 saturated heterocycles. The second-order valence-corrected chi connectivity index (χ2v) is 7.38. The third-order valence-electron chi connectivity index (χ3n) is 5.24. The fourth-order valence-corrected chi connectivity index (χ4v) is 3.43. The first-order chi connectivity index (χ1) is 14.0. The normalized spacial score (nSPS) is 16.2. The standard InChI is InChI=1S/C23H29N3O3/c1-3-18-10-12-20(13-11-18)25-23(28)29-21-9-6-14-26(16-21)22(27)24-15-19-8-5-4-7-17(19)2/h4-5,7-8,10-13,21H,3,6,9,14-16H2,1-2H3,(H,24,27)(H,25,28). The molecule has 3 rings (SSSR count). The summed E-state index contributed by atoms with van der Waals surface area (Å²) in [4.78, 5) is 26.4. The number of likely N-dealkylation sites (tertiary alicyclic amines) is 1. The van der Waals surface area contributed by atoms with Gasteiger partial charge in [0.2, 0.25) is 0 Å². The summed E-state index contributed by atoms with van der Waals surface area (Å²) in [5.74, 6) is 0. The topological polar surface area (TPSA) is 70.7 Å². The number of carbonyl (C=O) groups excluding carboxylic acids is 2. The predicted octanol–water partition coefficient (Wildman–Crippen LogP) is 4.48. The zero-order valence-corrected chi connectivity index (χ0v) is 17.1. The van der Waals surface area contributed by atoms with E-state index in [9.17, 15) is 9.59 Å². The average Bonchev–Trinajstić information content (AvgIpc) is 2.73. The number of piperidine rings is 1. The number of anilines is 1. The minimum atomic E-state index is -0.485. The first-order valence-electron chi connectivity index (χ1n) is 10.2. The van der Waals surface area contributed by atoms with E-state index in [1.807, 2.05) is 55.5 Å². The van der Waals surface area contributed by atoms with Crippen LogP contribution in [-0.4, -0.2) is 36.2 Å². The van der Waals surface area contributed by atoms with Crippen molar-refractivity contribution >= 4 is 17.8 Å². The monoisotopic (exact) mass is 395 g/mol. The number of benzene rings is 2. The van der Waals surface area contributed by atoms with Gasteiger partial charge < -0.3 is 15.0 Å². The lowest BCUT2D eigenvalue weighted by Gasteiger charge is -2.32. The molecule has 1 fully saturated rings. The van der Waals surface area contributed by atoms with Gasteiger partial charge in [0.1, 0.15) is 6.10 Å². The Morgan fingerprint density at radius 3 is 2.62 bits per heavy atom. The smallest absolute Gasteiger partial charge is 0.411 e. The zero-order chi connectivity index (χ0) is 20.6. The van der Waals surface area contributed by atoms with Crippen molar-refractivity contribution in [3.05, 3.63) is 65.2 Å². The van der Waals surface area contributed by atoms with E-state index in [1.54, 1.807) is 4.90 Å². The highest BCUT2D eigenvalue weighted by Gasteiger charge is 2.26. The molecule has 6 heteroatoms. The third-order valence-corrected chi connectivity index (χ3v) is 5.24. The fourth-order valence-electron chi connectivity index (χ4n) is 3.43. The lowest BCUT2D eigenvalue weighted by molar-refractivity contribution is 0.0605. The second kappa shape index (κ2) is 9.96. The maximum Gasteiger partial charge on any atom is 0.411 e. The Bertz CT molecular complexity index is 836. The molecule has 29 heavy (non-hydrogen) atoms. The largest absolute Gasteiger partial charge is 0.444 e. The molecule has 0 bridgehead atoms. The summed E-state index contributed by atoms with van der Waals surface area (Å²) in [6.45, 7) is 5.67. The van der Waals surface area contributed by atoms with Crippen molar-refractivity contribution in [3.63, 3.8) is 0 Å². The van der Waals surface area contributed by atoms with Crippen LogP contribution in [0.5, 0.6) is 0 Å². The minimum absolute atomic E-state index is 0.128. The molecular weight excluding hydrogens is 366 g/mol. The van der Waals surface area contributed by atoms with E-state index >= 15 is 0 Å². The molecule has 0 radical (unpaired) electrons. The lowest BCUT2D eigenvalue weighted by Crippen LogP contribution is -2.48. The SMILES string of the molecule is CCc1ccc(NC(=O)OC2CCCN(C(=O)NCc3ccccc3C)C2)cc1. The molecule has 1 atom stereocenters. The third kappa shape index (κ3) is 5.98. The van der Waals surface area contributed by atoms with E-state index in [1.165, 1.54) is 5.56 Å². The molecule has 1 unspecified atom stereocenters. The number of nitrogens with zero attached hydrogens (tertiary/aromatic N) is 1. The van der Waals surface area contributed by atoms with Gasteiger partial charge in [0.15, 0.2) is 0 Å². The molecule has 1 aliphatic rings. The average molecular weight is 396 g/mol. The molecule has 2 N–H and O–H groups in total. The van der Waals surface area contributed by atoms with Crippen molar-refractivity contribution < 1.29 is 14.3 Å². The van der Waals surface area contributed by atoms with E-state index in [0.29, 0.717) is 25.3 Å². The lowest BCUT2D eigenvalue weighted by atomic mass is 10.1. The Morgan fingerprint density at radius 2 is 1.90 bits per heavy atom. The summed E-state index contributed by atoms with van der Waals surface area (Å²) in [5, 5.41) is 5.72. The molecule has 6 nitrogen and oxygen atoms in total. The summed E-state index contributed by atoms with van der Waals surface area (Å²) < 4.78 is 5.54. The van der Waals surface area contributed by atoms with Crippen LogP contribution in [0, 0.1) is 6.92 Å². The molecule has 2 aromatic carbocycles. The summed E-state index contributed by atoms with van der Waals surface area (Å²) in [6.07, 6.45) is 1.73. The molecule has 2 aromatic rings. The van der Waals surface area contributed by atoms with Crippen molar-refractivity contribution in [3.8, 4) is 0 Å². The van der Waals surface area contributed by atoms with Crippen LogP contribution in [0.15, 0.2) is 48.5 Å². The molecule has 0 saturated carbocycles. The van der Waals surface area contributed by atoms with Gasteiger partial charge in [0.25, 0.3) is 0 Å². The highest BCUT2D eigenvalue weighted by Crippen LogP contribution is 2.16. The van der Waals surface area contributed by atoms with Crippen LogP contribution in [0.25, 0.3) is 0 Å². The van der Waals surface area contributed by atoms with Crippen molar-refractivity contribution in [2.45, 2.75) is 45.8 Å². The molecule has 1 aliphatic heterocycles. The maximum atomic E-state index is 12.5. The van der Waals surface area contributed by atoms with Crippen LogP contribution in [0.4, 0.5) is 15.3 Å². The van der Waals surface area contributed by atoms with E-state index < -0.39 is 6.09 Å². The van der Waals surface area contributed by atoms with Gasteiger partial charge in [-0.05, 0) is 55.0 Å². The van der Waals surface area contributed by atoms with Crippen LogP contribution in [0.1, 0.15) is 36.5 Å². The van der Waals surface area contributed by atoms with Crippen LogP contribution in [0.3, 0.4) is 0 Å². The molecule has 1 heterocycles. The van der Waals surface area contributed by atoms with Gasteiger partial charge >= 0.3 is 12.1 Å². The first-order valence-corrected chi connectivity index (χ1v) is 10.2. The second-order valence-electron chi connectivity index (χ2n) is 7.38. The summed E-state index contributed by atoms with van der Waals surface area (Å²) in [7, 11) is 0. The van der Waals surface area contributed by atoms with E-state index in [2.05, 4.69) is 17.6 Å². The quantitative estimate of drug-likeness (QED) is 0.784. The Balaban J connectivity index is 1.47. The Labute approximate surface area is 172 Å². The molecule has 3 amide bonds. The van der Waals surface area contributed by atoms with Crippen molar-refractivity contribution in [2.24, 2.45) is 0 Å². The first kappa shape index (κ1) is 20.7. The van der Waals surface area contributed by atoms with Gasteiger partial charge in [0.05, 0.1) is 6.54 Å². The van der Waals surface area contributed by atoms with Gasteiger partial charge in [-0.3, -0.25) is 5.32 Å². The van der Waals surface area contributed by atoms with Crippen LogP contribution in [0.2, 0.25) is 0 Å². The number of hydrogen-bond donors (Lipinski definition) is 2.